The molecule has 0 bridgehead atoms. The zero-order valence-electron chi connectivity index (χ0n) is 12.1. The third-order valence-corrected chi connectivity index (χ3v) is 3.43. The van der Waals surface area contributed by atoms with Gasteiger partial charge in [-0.1, -0.05) is 23.8 Å². The highest BCUT2D eigenvalue weighted by molar-refractivity contribution is 7.78. The zero-order valence-corrected chi connectivity index (χ0v) is 13.7. The first-order valence-electron chi connectivity index (χ1n) is 6.49. The van der Waals surface area contributed by atoms with Crippen LogP contribution in [0.3, 0.4) is 0 Å². The van der Waals surface area contributed by atoms with Crippen LogP contribution in [0.1, 0.15) is 27.0 Å². The van der Waals surface area contributed by atoms with E-state index in [0.717, 1.165) is 5.56 Å². The Kier molecular flexibility index (Phi) is 5.21. The van der Waals surface area contributed by atoms with E-state index < -0.39 is 0 Å². The van der Waals surface area contributed by atoms with Crippen LogP contribution in [0.15, 0.2) is 46.4 Å². The molecule has 2 rings (SSSR count). The lowest BCUT2D eigenvalue weighted by atomic mass is 9.97. The molecule has 5 heteroatoms. The van der Waals surface area contributed by atoms with Crippen molar-refractivity contribution < 1.29 is 4.79 Å². The number of hydrogen-bond donors (Lipinski definition) is 0. The topological polar surface area (TPSA) is 41.8 Å². The van der Waals surface area contributed by atoms with Crippen LogP contribution in [0.25, 0.3) is 0 Å². The second-order valence-electron chi connectivity index (χ2n) is 4.71. The van der Waals surface area contributed by atoms with E-state index in [1.54, 1.807) is 18.2 Å². The van der Waals surface area contributed by atoms with Crippen LogP contribution in [0.5, 0.6) is 0 Å². The van der Waals surface area contributed by atoms with Gasteiger partial charge in [-0.3, -0.25) is 4.79 Å². The number of ketones is 1. The SMILES string of the molecule is Cc1cccc(C(=O)c2ccc(N=C=S)c(C)c2N=C=S)c1. The zero-order chi connectivity index (χ0) is 16.1. The molecular weight excluding hydrogens is 312 g/mol. The second kappa shape index (κ2) is 7.12. The molecule has 22 heavy (non-hydrogen) atoms. The van der Waals surface area contributed by atoms with Crippen LogP contribution in [0, 0.1) is 13.8 Å². The van der Waals surface area contributed by atoms with Crippen LogP contribution in [-0.2, 0) is 0 Å². The Hall–Kier alpha value is -2.29. The van der Waals surface area contributed by atoms with E-state index in [9.17, 15) is 4.79 Å². The van der Waals surface area contributed by atoms with Gasteiger partial charge in [0.15, 0.2) is 5.78 Å². The molecule has 0 aromatic heterocycles. The molecule has 0 atom stereocenters. The summed E-state index contributed by atoms with van der Waals surface area (Å²) in [6.07, 6.45) is 0. The van der Waals surface area contributed by atoms with Crippen molar-refractivity contribution >= 4 is 51.9 Å². The molecule has 108 valence electrons. The molecule has 2 aromatic carbocycles. The molecular formula is C17H12N2OS2. The van der Waals surface area contributed by atoms with Crippen molar-refractivity contribution in [3.8, 4) is 0 Å². The highest BCUT2D eigenvalue weighted by Gasteiger charge is 2.17. The molecule has 0 radical (unpaired) electrons. The van der Waals surface area contributed by atoms with Gasteiger partial charge in [0, 0.05) is 16.7 Å². The third kappa shape index (κ3) is 3.30. The van der Waals surface area contributed by atoms with Gasteiger partial charge in [-0.15, -0.1) is 0 Å². The number of isothiocyanates is 2. The molecule has 0 saturated carbocycles. The third-order valence-electron chi connectivity index (χ3n) is 3.25. The van der Waals surface area contributed by atoms with E-state index in [0.29, 0.717) is 28.1 Å². The monoisotopic (exact) mass is 324 g/mol. The lowest BCUT2D eigenvalue weighted by Crippen LogP contribution is -2.03. The summed E-state index contributed by atoms with van der Waals surface area (Å²) in [6.45, 7) is 3.75. The van der Waals surface area contributed by atoms with Crippen LogP contribution in [0.4, 0.5) is 11.4 Å². The maximum Gasteiger partial charge on any atom is 0.195 e. The summed E-state index contributed by atoms with van der Waals surface area (Å²) in [6, 6.07) is 10.8. The summed E-state index contributed by atoms with van der Waals surface area (Å²) < 4.78 is 0. The molecule has 0 unspecified atom stereocenters. The normalized spacial score (nSPS) is 9.55. The Bertz CT molecular complexity index is 846. The predicted octanol–water partition coefficient (Wildman–Crippen LogP) is 5.00. The van der Waals surface area contributed by atoms with Gasteiger partial charge in [0.25, 0.3) is 0 Å². The van der Waals surface area contributed by atoms with Crippen LogP contribution in [0.2, 0.25) is 0 Å². The minimum absolute atomic E-state index is 0.117. The second-order valence-corrected chi connectivity index (χ2v) is 5.08. The minimum atomic E-state index is -0.117. The van der Waals surface area contributed by atoms with Gasteiger partial charge in [0.05, 0.1) is 21.7 Å². The van der Waals surface area contributed by atoms with Crippen molar-refractivity contribution in [2.45, 2.75) is 13.8 Å². The molecule has 0 fully saturated rings. The molecule has 0 aliphatic rings. The first kappa shape index (κ1) is 16.1. The molecule has 2 aromatic rings. The van der Waals surface area contributed by atoms with Gasteiger partial charge < -0.3 is 0 Å². The number of aryl methyl sites for hydroxylation is 1. The van der Waals surface area contributed by atoms with Crippen LogP contribution in [-0.4, -0.2) is 16.1 Å². The summed E-state index contributed by atoms with van der Waals surface area (Å²) in [7, 11) is 0. The fraction of sp³-hybridized carbons (Fsp3) is 0.118. The summed E-state index contributed by atoms with van der Waals surface area (Å²) in [4.78, 5) is 20.7. The maximum absolute atomic E-state index is 12.7. The number of hydrogen-bond acceptors (Lipinski definition) is 5. The summed E-state index contributed by atoms with van der Waals surface area (Å²) in [5.41, 5.74) is 3.88. The van der Waals surface area contributed by atoms with E-state index in [1.165, 1.54) is 0 Å². The highest BCUT2D eigenvalue weighted by atomic mass is 32.1. The fourth-order valence-electron chi connectivity index (χ4n) is 2.17. The molecule has 0 spiro atoms. The number of benzene rings is 2. The van der Waals surface area contributed by atoms with Crippen molar-refractivity contribution in [2.24, 2.45) is 9.98 Å². The number of carbonyl (C=O) groups is 1. The standard InChI is InChI=1S/C17H12N2OS2/c1-11-4-3-5-13(8-11)17(20)14-6-7-15(18-9-21)12(2)16(14)19-10-22/h3-8H,1-2H3. The number of nitrogens with zero attached hydrogens (tertiary/aromatic N) is 2. The highest BCUT2D eigenvalue weighted by Crippen LogP contribution is 2.33. The number of rotatable bonds is 4. The van der Waals surface area contributed by atoms with Gasteiger partial charge >= 0.3 is 0 Å². The van der Waals surface area contributed by atoms with E-state index in [2.05, 4.69) is 32.5 Å². The largest absolute Gasteiger partial charge is 0.289 e. The smallest absolute Gasteiger partial charge is 0.195 e. The molecule has 3 nitrogen and oxygen atoms in total. The van der Waals surface area contributed by atoms with E-state index in [1.807, 2.05) is 32.0 Å². The Morgan fingerprint density at radius 2 is 1.77 bits per heavy atom. The van der Waals surface area contributed by atoms with Gasteiger partial charge in [-0.2, -0.15) is 9.98 Å². The number of aliphatic imine (C=N–C) groups is 2. The Morgan fingerprint density at radius 1 is 1.05 bits per heavy atom. The van der Waals surface area contributed by atoms with E-state index in [4.69, 9.17) is 12.2 Å². The van der Waals surface area contributed by atoms with Gasteiger partial charge in [-0.05, 0) is 56.5 Å². The average Bonchev–Trinajstić information content (AvgIpc) is 2.51. The Morgan fingerprint density at radius 3 is 2.41 bits per heavy atom. The van der Waals surface area contributed by atoms with Crippen molar-refractivity contribution in [3.63, 3.8) is 0 Å². The molecule has 0 amide bonds. The molecule has 0 aliphatic heterocycles. The molecule has 0 heterocycles. The van der Waals surface area contributed by atoms with Crippen molar-refractivity contribution in [2.75, 3.05) is 0 Å². The van der Waals surface area contributed by atoms with Gasteiger partial charge in [-0.25, -0.2) is 0 Å². The summed E-state index contributed by atoms with van der Waals surface area (Å²) >= 11 is 9.32. The van der Waals surface area contributed by atoms with Crippen LogP contribution >= 0.6 is 24.4 Å². The summed E-state index contributed by atoms with van der Waals surface area (Å²) in [5, 5.41) is 4.64. The van der Waals surface area contributed by atoms with Crippen molar-refractivity contribution in [3.05, 3.63) is 58.7 Å². The molecule has 0 saturated heterocycles. The molecule has 0 N–H and O–H groups in total. The maximum atomic E-state index is 12.7. The number of carbonyl (C=O) groups excluding carboxylic acids is 1. The minimum Gasteiger partial charge on any atom is -0.289 e. The average molecular weight is 324 g/mol. The quantitative estimate of drug-likeness (QED) is 0.451. The van der Waals surface area contributed by atoms with E-state index in [-0.39, 0.29) is 5.78 Å². The van der Waals surface area contributed by atoms with Gasteiger partial charge in [0.1, 0.15) is 0 Å². The van der Waals surface area contributed by atoms with Crippen LogP contribution < -0.4 is 0 Å². The van der Waals surface area contributed by atoms with Gasteiger partial charge in [0.2, 0.25) is 0 Å². The lowest BCUT2D eigenvalue weighted by molar-refractivity contribution is 0.103. The molecule has 0 aliphatic carbocycles. The number of thiocarbonyl (C=S) groups is 2. The van der Waals surface area contributed by atoms with Crippen molar-refractivity contribution in [1.82, 2.24) is 0 Å². The predicted molar refractivity (Wildman–Crippen MR) is 95.2 cm³/mol. The Balaban J connectivity index is 2.64. The van der Waals surface area contributed by atoms with E-state index >= 15 is 0 Å². The Labute approximate surface area is 139 Å². The fourth-order valence-corrected chi connectivity index (χ4v) is 2.36. The lowest BCUT2D eigenvalue weighted by Gasteiger charge is -2.09. The first-order chi connectivity index (χ1) is 10.6. The first-order valence-corrected chi connectivity index (χ1v) is 7.31. The van der Waals surface area contributed by atoms with Crippen molar-refractivity contribution in [1.29, 1.82) is 0 Å². The summed E-state index contributed by atoms with van der Waals surface area (Å²) in [5.74, 6) is -0.117.